The highest BCUT2D eigenvalue weighted by molar-refractivity contribution is 5.97. The molecule has 0 N–H and O–H groups in total. The van der Waals surface area contributed by atoms with Crippen molar-refractivity contribution in [3.8, 4) is 0 Å². The van der Waals surface area contributed by atoms with Crippen molar-refractivity contribution in [1.82, 2.24) is 9.55 Å². The Morgan fingerprint density at radius 1 is 1.26 bits per heavy atom. The minimum absolute atomic E-state index is 0.0775. The van der Waals surface area contributed by atoms with Gasteiger partial charge in [-0.3, -0.25) is 4.79 Å². The van der Waals surface area contributed by atoms with E-state index < -0.39 is 0 Å². The van der Waals surface area contributed by atoms with Gasteiger partial charge in [0.2, 0.25) is 0 Å². The molecule has 2 aliphatic carbocycles. The second-order valence-electron chi connectivity index (χ2n) is 7.14. The third kappa shape index (κ3) is 2.60. The Kier molecular flexibility index (Phi) is 3.23. The summed E-state index contributed by atoms with van der Waals surface area (Å²) in [5, 5.41) is 0. The number of imidazole rings is 1. The number of aromatic nitrogens is 2. The molecular weight excluding hydrogens is 236 g/mol. The van der Waals surface area contributed by atoms with E-state index in [1.807, 2.05) is 6.33 Å². The number of ketones is 1. The van der Waals surface area contributed by atoms with Gasteiger partial charge >= 0.3 is 0 Å². The zero-order valence-electron chi connectivity index (χ0n) is 12.1. The van der Waals surface area contributed by atoms with Crippen LogP contribution in [0.3, 0.4) is 0 Å². The van der Waals surface area contributed by atoms with E-state index in [0.29, 0.717) is 12.2 Å². The molecule has 0 amide bonds. The zero-order chi connectivity index (χ0) is 13.5. The molecule has 3 nitrogen and oxygen atoms in total. The number of carbonyl (C=O) groups excluding carboxylic acids is 1. The zero-order valence-corrected chi connectivity index (χ0v) is 12.1. The number of rotatable bonds is 2. The van der Waals surface area contributed by atoms with Gasteiger partial charge in [-0.2, -0.15) is 0 Å². The first-order chi connectivity index (χ1) is 9.05. The molecule has 1 aromatic heterocycles. The summed E-state index contributed by atoms with van der Waals surface area (Å²) in [6.07, 6.45) is 10.2. The molecule has 0 aromatic carbocycles. The second kappa shape index (κ2) is 4.77. The van der Waals surface area contributed by atoms with Gasteiger partial charge in [0.25, 0.3) is 0 Å². The summed E-state index contributed by atoms with van der Waals surface area (Å²) in [5.74, 6) is 1.04. The Morgan fingerprint density at radius 3 is 2.74 bits per heavy atom. The highest BCUT2D eigenvalue weighted by Crippen LogP contribution is 2.35. The second-order valence-corrected chi connectivity index (χ2v) is 7.14. The fraction of sp³-hybridized carbons (Fsp3) is 0.750. The van der Waals surface area contributed by atoms with Crippen LogP contribution in [0.15, 0.2) is 6.33 Å². The summed E-state index contributed by atoms with van der Waals surface area (Å²) >= 11 is 0. The van der Waals surface area contributed by atoms with Crippen LogP contribution in [0.25, 0.3) is 0 Å². The molecule has 0 spiro atoms. The highest BCUT2D eigenvalue weighted by atomic mass is 16.1. The van der Waals surface area contributed by atoms with Gasteiger partial charge in [-0.1, -0.05) is 33.1 Å². The molecule has 3 heteroatoms. The molecule has 3 rings (SSSR count). The Balaban J connectivity index is 1.81. The summed E-state index contributed by atoms with van der Waals surface area (Å²) in [7, 11) is 0. The fourth-order valence-electron chi connectivity index (χ4n) is 3.69. The van der Waals surface area contributed by atoms with Crippen molar-refractivity contribution in [3.63, 3.8) is 0 Å². The molecule has 104 valence electrons. The maximum atomic E-state index is 12.4. The SMILES string of the molecule is CC1(C)CC(=O)c2c(ncn2CC2CCCCC2)C1. The van der Waals surface area contributed by atoms with Gasteiger partial charge in [-0.15, -0.1) is 0 Å². The first-order valence-corrected chi connectivity index (χ1v) is 7.62. The van der Waals surface area contributed by atoms with E-state index in [2.05, 4.69) is 23.4 Å². The Morgan fingerprint density at radius 2 is 2.00 bits per heavy atom. The van der Waals surface area contributed by atoms with Gasteiger partial charge < -0.3 is 4.57 Å². The molecule has 2 aliphatic rings. The Hall–Kier alpha value is -1.12. The predicted molar refractivity (Wildman–Crippen MR) is 75.2 cm³/mol. The van der Waals surface area contributed by atoms with Crippen molar-refractivity contribution in [2.24, 2.45) is 11.3 Å². The minimum Gasteiger partial charge on any atom is -0.328 e. The summed E-state index contributed by atoms with van der Waals surface area (Å²) in [6.45, 7) is 5.32. The molecule has 1 saturated carbocycles. The normalized spacial score (nSPS) is 23.4. The molecule has 0 atom stereocenters. The topological polar surface area (TPSA) is 34.9 Å². The Labute approximate surface area is 115 Å². The van der Waals surface area contributed by atoms with Crippen LogP contribution in [-0.2, 0) is 13.0 Å². The number of carbonyl (C=O) groups is 1. The van der Waals surface area contributed by atoms with Gasteiger partial charge in [0.1, 0.15) is 5.69 Å². The summed E-state index contributed by atoms with van der Waals surface area (Å²) < 4.78 is 2.14. The summed E-state index contributed by atoms with van der Waals surface area (Å²) in [4.78, 5) is 16.9. The van der Waals surface area contributed by atoms with Gasteiger partial charge in [-0.05, 0) is 30.6 Å². The van der Waals surface area contributed by atoms with Crippen LogP contribution >= 0.6 is 0 Å². The number of Topliss-reactive ketones (excluding diaryl/α,β-unsaturated/α-hetero) is 1. The first-order valence-electron chi connectivity index (χ1n) is 7.62. The largest absolute Gasteiger partial charge is 0.328 e. The first kappa shape index (κ1) is 12.9. The van der Waals surface area contributed by atoms with Crippen LogP contribution in [0.4, 0.5) is 0 Å². The van der Waals surface area contributed by atoms with Crippen LogP contribution in [0, 0.1) is 11.3 Å². The maximum Gasteiger partial charge on any atom is 0.181 e. The molecule has 0 unspecified atom stereocenters. The molecule has 1 aromatic rings. The Bertz CT molecular complexity index is 481. The van der Waals surface area contributed by atoms with Crippen molar-refractivity contribution in [2.45, 2.75) is 65.3 Å². The van der Waals surface area contributed by atoms with Crippen LogP contribution in [0.2, 0.25) is 0 Å². The average Bonchev–Trinajstić information content (AvgIpc) is 2.72. The number of nitrogens with zero attached hydrogens (tertiary/aromatic N) is 2. The predicted octanol–water partition coefficient (Wildman–Crippen LogP) is 3.62. The van der Waals surface area contributed by atoms with Crippen LogP contribution in [0.5, 0.6) is 0 Å². The van der Waals surface area contributed by atoms with Crippen LogP contribution < -0.4 is 0 Å². The van der Waals surface area contributed by atoms with E-state index in [-0.39, 0.29) is 5.41 Å². The fourth-order valence-corrected chi connectivity index (χ4v) is 3.69. The maximum absolute atomic E-state index is 12.4. The average molecular weight is 260 g/mol. The summed E-state index contributed by atoms with van der Waals surface area (Å²) in [6, 6.07) is 0. The van der Waals surface area contributed by atoms with E-state index in [0.717, 1.165) is 30.3 Å². The van der Waals surface area contributed by atoms with Gasteiger partial charge in [0.15, 0.2) is 5.78 Å². The monoisotopic (exact) mass is 260 g/mol. The molecule has 1 heterocycles. The standard InChI is InChI=1S/C16H24N2O/c1-16(2)8-13-15(14(19)9-16)18(11-17-13)10-12-6-4-3-5-7-12/h11-12H,3-10H2,1-2H3. The molecule has 19 heavy (non-hydrogen) atoms. The lowest BCUT2D eigenvalue weighted by Gasteiger charge is -2.29. The number of fused-ring (bicyclic) bond motifs is 1. The lowest BCUT2D eigenvalue weighted by Crippen LogP contribution is -2.29. The third-order valence-corrected chi connectivity index (χ3v) is 4.64. The van der Waals surface area contributed by atoms with E-state index in [4.69, 9.17) is 0 Å². The third-order valence-electron chi connectivity index (χ3n) is 4.64. The van der Waals surface area contributed by atoms with Crippen LogP contribution in [0.1, 0.15) is 68.6 Å². The quantitative estimate of drug-likeness (QED) is 0.814. The molecule has 0 radical (unpaired) electrons. The molecule has 0 saturated heterocycles. The van der Waals surface area contributed by atoms with Crippen molar-refractivity contribution in [1.29, 1.82) is 0 Å². The van der Waals surface area contributed by atoms with E-state index in [1.165, 1.54) is 32.1 Å². The molecule has 0 aliphatic heterocycles. The molecule has 0 bridgehead atoms. The summed E-state index contributed by atoms with van der Waals surface area (Å²) in [5.41, 5.74) is 2.01. The molecule has 1 fully saturated rings. The van der Waals surface area contributed by atoms with Crippen molar-refractivity contribution >= 4 is 5.78 Å². The smallest absolute Gasteiger partial charge is 0.181 e. The molecular formula is C16H24N2O. The highest BCUT2D eigenvalue weighted by Gasteiger charge is 2.34. The van der Waals surface area contributed by atoms with E-state index in [9.17, 15) is 4.79 Å². The van der Waals surface area contributed by atoms with Crippen molar-refractivity contribution in [3.05, 3.63) is 17.7 Å². The van der Waals surface area contributed by atoms with Crippen molar-refractivity contribution < 1.29 is 4.79 Å². The van der Waals surface area contributed by atoms with Gasteiger partial charge in [-0.25, -0.2) is 4.98 Å². The van der Waals surface area contributed by atoms with Gasteiger partial charge in [0, 0.05) is 13.0 Å². The number of hydrogen-bond acceptors (Lipinski definition) is 2. The van der Waals surface area contributed by atoms with Crippen molar-refractivity contribution in [2.75, 3.05) is 0 Å². The van der Waals surface area contributed by atoms with Gasteiger partial charge in [0.05, 0.1) is 12.0 Å². The van der Waals surface area contributed by atoms with E-state index >= 15 is 0 Å². The minimum atomic E-state index is 0.0775. The lowest BCUT2D eigenvalue weighted by molar-refractivity contribution is 0.0899. The van der Waals surface area contributed by atoms with Crippen LogP contribution in [-0.4, -0.2) is 15.3 Å². The lowest BCUT2D eigenvalue weighted by atomic mass is 9.77. The number of hydrogen-bond donors (Lipinski definition) is 0. The van der Waals surface area contributed by atoms with E-state index in [1.54, 1.807) is 0 Å².